The molecule has 0 amide bonds. The SMILES string of the molecule is C[C@@H](CC1CCCCC1)NCc1ccccc1NS(=O)(=O)c1cc(F)c2nc[nH]c(=O)c2c1. The van der Waals surface area contributed by atoms with E-state index in [4.69, 9.17) is 0 Å². The van der Waals surface area contributed by atoms with Crippen molar-refractivity contribution in [3.05, 3.63) is 64.5 Å². The number of sulfonamides is 1. The van der Waals surface area contributed by atoms with Gasteiger partial charge < -0.3 is 10.3 Å². The van der Waals surface area contributed by atoms with Crippen LogP contribution < -0.4 is 15.6 Å². The third-order valence-corrected chi connectivity index (χ3v) is 7.64. The first-order valence-corrected chi connectivity index (χ1v) is 12.8. The molecule has 1 atom stereocenters. The van der Waals surface area contributed by atoms with E-state index in [1.165, 1.54) is 32.1 Å². The summed E-state index contributed by atoms with van der Waals surface area (Å²) in [5, 5.41) is 3.38. The van der Waals surface area contributed by atoms with E-state index in [-0.39, 0.29) is 15.8 Å². The summed E-state index contributed by atoms with van der Waals surface area (Å²) >= 11 is 0. The number of hydrogen-bond donors (Lipinski definition) is 3. The Morgan fingerprint density at radius 2 is 1.94 bits per heavy atom. The van der Waals surface area contributed by atoms with E-state index in [2.05, 4.69) is 26.9 Å². The number of H-pyrrole nitrogens is 1. The maximum absolute atomic E-state index is 14.5. The zero-order valence-electron chi connectivity index (χ0n) is 18.6. The molecule has 33 heavy (non-hydrogen) atoms. The largest absolute Gasteiger partial charge is 0.313 e. The number of nitrogens with one attached hydrogen (secondary N) is 3. The number of rotatable bonds is 8. The van der Waals surface area contributed by atoms with E-state index in [0.29, 0.717) is 18.3 Å². The zero-order valence-corrected chi connectivity index (χ0v) is 19.4. The molecule has 1 aromatic heterocycles. The van der Waals surface area contributed by atoms with Crippen LogP contribution >= 0.6 is 0 Å². The van der Waals surface area contributed by atoms with Crippen molar-refractivity contribution in [3.8, 4) is 0 Å². The van der Waals surface area contributed by atoms with Gasteiger partial charge in [-0.25, -0.2) is 17.8 Å². The second kappa shape index (κ2) is 10.0. The first-order valence-electron chi connectivity index (χ1n) is 11.3. The number of benzene rings is 2. The van der Waals surface area contributed by atoms with Gasteiger partial charge in [-0.1, -0.05) is 50.3 Å². The van der Waals surface area contributed by atoms with E-state index in [1.807, 2.05) is 12.1 Å². The quantitative estimate of drug-likeness (QED) is 0.453. The third-order valence-electron chi connectivity index (χ3n) is 6.30. The fraction of sp³-hybridized carbons (Fsp3) is 0.417. The molecule has 0 radical (unpaired) electrons. The fourth-order valence-electron chi connectivity index (χ4n) is 4.53. The highest BCUT2D eigenvalue weighted by Gasteiger charge is 2.21. The summed E-state index contributed by atoms with van der Waals surface area (Å²) in [5.41, 5.74) is 0.426. The van der Waals surface area contributed by atoms with Crippen LogP contribution in [-0.4, -0.2) is 24.4 Å². The van der Waals surface area contributed by atoms with Crippen molar-refractivity contribution in [1.82, 2.24) is 15.3 Å². The van der Waals surface area contributed by atoms with Crippen molar-refractivity contribution in [2.24, 2.45) is 5.92 Å². The van der Waals surface area contributed by atoms with Crippen LogP contribution in [0.15, 0.2) is 52.4 Å². The summed E-state index contributed by atoms with van der Waals surface area (Å²) in [7, 11) is -4.13. The number of aromatic nitrogens is 2. The van der Waals surface area contributed by atoms with Crippen LogP contribution in [0.3, 0.4) is 0 Å². The van der Waals surface area contributed by atoms with Crippen molar-refractivity contribution in [1.29, 1.82) is 0 Å². The number of aromatic amines is 1. The van der Waals surface area contributed by atoms with Gasteiger partial charge in [-0.15, -0.1) is 0 Å². The van der Waals surface area contributed by atoms with Crippen LogP contribution in [0.25, 0.3) is 10.9 Å². The molecule has 0 spiro atoms. The first-order chi connectivity index (χ1) is 15.8. The Morgan fingerprint density at radius 3 is 2.73 bits per heavy atom. The second-order valence-electron chi connectivity index (χ2n) is 8.82. The second-order valence-corrected chi connectivity index (χ2v) is 10.5. The Morgan fingerprint density at radius 1 is 1.18 bits per heavy atom. The number of para-hydroxylation sites is 1. The van der Waals surface area contributed by atoms with Gasteiger partial charge in [0.1, 0.15) is 5.52 Å². The molecule has 1 saturated carbocycles. The standard InChI is InChI=1S/C24H29FN4O3S/c1-16(11-17-7-3-2-4-8-17)26-14-18-9-5-6-10-22(18)29-33(31,32)19-12-20-23(21(25)13-19)27-15-28-24(20)30/h5-6,9-10,12-13,15-17,26,29H,2-4,7-8,11,14H2,1H3,(H,27,28,30)/t16-/m0/s1. The first kappa shape index (κ1) is 23.4. The molecule has 176 valence electrons. The van der Waals surface area contributed by atoms with Crippen LogP contribution in [0.4, 0.5) is 10.1 Å². The molecule has 0 bridgehead atoms. The van der Waals surface area contributed by atoms with E-state index in [1.54, 1.807) is 12.1 Å². The molecule has 2 aromatic carbocycles. The van der Waals surface area contributed by atoms with Gasteiger partial charge in [-0.3, -0.25) is 9.52 Å². The van der Waals surface area contributed by atoms with Crippen molar-refractivity contribution in [2.75, 3.05) is 4.72 Å². The molecular weight excluding hydrogens is 443 g/mol. The number of halogens is 1. The van der Waals surface area contributed by atoms with Gasteiger partial charge >= 0.3 is 0 Å². The van der Waals surface area contributed by atoms with Gasteiger partial charge in [-0.2, -0.15) is 0 Å². The molecular formula is C24H29FN4O3S. The molecule has 0 unspecified atom stereocenters. The summed E-state index contributed by atoms with van der Waals surface area (Å²) < 4.78 is 43.1. The molecule has 1 fully saturated rings. The van der Waals surface area contributed by atoms with Crippen molar-refractivity contribution >= 4 is 26.6 Å². The lowest BCUT2D eigenvalue weighted by Crippen LogP contribution is -2.29. The van der Waals surface area contributed by atoms with E-state index in [0.717, 1.165) is 36.4 Å². The number of fused-ring (bicyclic) bond motifs is 1. The van der Waals surface area contributed by atoms with E-state index < -0.39 is 21.4 Å². The fourth-order valence-corrected chi connectivity index (χ4v) is 5.67. The summed E-state index contributed by atoms with van der Waals surface area (Å²) in [4.78, 5) is 17.8. The van der Waals surface area contributed by atoms with E-state index in [9.17, 15) is 17.6 Å². The topological polar surface area (TPSA) is 104 Å². The summed E-state index contributed by atoms with van der Waals surface area (Å²) in [6.07, 6.45) is 8.69. The Balaban J connectivity index is 1.50. The Hall–Kier alpha value is -2.78. The maximum Gasteiger partial charge on any atom is 0.262 e. The van der Waals surface area contributed by atoms with Gasteiger partial charge in [0.15, 0.2) is 5.82 Å². The van der Waals surface area contributed by atoms with Crippen molar-refractivity contribution < 1.29 is 12.8 Å². The predicted molar refractivity (Wildman–Crippen MR) is 127 cm³/mol. The average molecular weight is 473 g/mol. The smallest absolute Gasteiger partial charge is 0.262 e. The average Bonchev–Trinajstić information content (AvgIpc) is 2.79. The summed E-state index contributed by atoms with van der Waals surface area (Å²) in [6, 6.07) is 9.44. The Kier molecular flexibility index (Phi) is 7.09. The summed E-state index contributed by atoms with van der Waals surface area (Å²) in [6.45, 7) is 2.66. The lowest BCUT2D eigenvalue weighted by Gasteiger charge is -2.25. The molecule has 3 N–H and O–H groups in total. The summed E-state index contributed by atoms with van der Waals surface area (Å²) in [5.74, 6) is -0.124. The van der Waals surface area contributed by atoms with Gasteiger partial charge in [0.25, 0.3) is 15.6 Å². The molecule has 1 aliphatic carbocycles. The minimum Gasteiger partial charge on any atom is -0.313 e. The molecule has 9 heteroatoms. The molecule has 0 aliphatic heterocycles. The molecule has 4 rings (SSSR count). The third kappa shape index (κ3) is 5.59. The van der Waals surface area contributed by atoms with E-state index >= 15 is 0 Å². The van der Waals surface area contributed by atoms with Crippen LogP contribution in [-0.2, 0) is 16.6 Å². The van der Waals surface area contributed by atoms with Crippen molar-refractivity contribution in [2.45, 2.75) is 62.9 Å². The normalized spacial score (nSPS) is 16.1. The number of nitrogens with zero attached hydrogens (tertiary/aromatic N) is 1. The zero-order chi connectivity index (χ0) is 23.4. The minimum absolute atomic E-state index is 0.121. The van der Waals surface area contributed by atoms with Gasteiger partial charge in [0, 0.05) is 12.6 Å². The Bertz CT molecular complexity index is 1290. The molecule has 3 aromatic rings. The highest BCUT2D eigenvalue weighted by atomic mass is 32.2. The van der Waals surface area contributed by atoms with Crippen LogP contribution in [0.2, 0.25) is 0 Å². The highest BCUT2D eigenvalue weighted by molar-refractivity contribution is 7.92. The van der Waals surface area contributed by atoms with Crippen LogP contribution in [0.1, 0.15) is 51.0 Å². The number of anilines is 1. The maximum atomic E-state index is 14.5. The minimum atomic E-state index is -4.13. The lowest BCUT2D eigenvalue weighted by atomic mass is 9.85. The van der Waals surface area contributed by atoms with Crippen molar-refractivity contribution in [3.63, 3.8) is 0 Å². The van der Waals surface area contributed by atoms with Gasteiger partial charge in [-0.05, 0) is 43.0 Å². The highest BCUT2D eigenvalue weighted by Crippen LogP contribution is 2.28. The number of hydrogen-bond acceptors (Lipinski definition) is 5. The molecule has 1 heterocycles. The van der Waals surface area contributed by atoms with Crippen LogP contribution in [0, 0.1) is 11.7 Å². The predicted octanol–water partition coefficient (Wildman–Crippen LogP) is 4.31. The Labute approximate surface area is 192 Å². The van der Waals surface area contributed by atoms with Gasteiger partial charge in [0.2, 0.25) is 0 Å². The molecule has 1 aliphatic rings. The van der Waals surface area contributed by atoms with Crippen LogP contribution in [0.5, 0.6) is 0 Å². The monoisotopic (exact) mass is 472 g/mol. The van der Waals surface area contributed by atoms with Gasteiger partial charge in [0.05, 0.1) is 22.3 Å². The lowest BCUT2D eigenvalue weighted by molar-refractivity contribution is 0.305. The molecule has 0 saturated heterocycles. The molecule has 7 nitrogen and oxygen atoms in total.